The van der Waals surface area contributed by atoms with E-state index in [1.54, 1.807) is 0 Å². The summed E-state index contributed by atoms with van der Waals surface area (Å²) in [5.74, 6) is -3.25. The molecule has 1 aliphatic rings. The van der Waals surface area contributed by atoms with Crippen LogP contribution in [0.3, 0.4) is 0 Å². The first-order valence-corrected chi connectivity index (χ1v) is 4.85. The molecule has 0 saturated carbocycles. The molecule has 0 aromatic heterocycles. The molecule has 4 nitrogen and oxygen atoms in total. The molecular weight excluding hydrogens is 213 g/mol. The second-order valence-corrected chi connectivity index (χ2v) is 3.72. The smallest absolute Gasteiger partial charge is 0.309 e. The Labute approximate surface area is 91.1 Å². The summed E-state index contributed by atoms with van der Waals surface area (Å²) >= 11 is 0. The maximum Gasteiger partial charge on any atom is 0.309 e. The number of carboxylic acid groups (broad SMARTS) is 1. The number of carbonyl (C=O) groups excluding carboxylic acids is 1. The van der Waals surface area contributed by atoms with Crippen LogP contribution in [0, 0.1) is 11.7 Å². The van der Waals surface area contributed by atoms with Crippen LogP contribution >= 0.6 is 0 Å². The summed E-state index contributed by atoms with van der Waals surface area (Å²) in [5.41, 5.74) is 0.531. The molecule has 1 amide bonds. The van der Waals surface area contributed by atoms with Gasteiger partial charge < -0.3 is 10.4 Å². The van der Waals surface area contributed by atoms with Gasteiger partial charge >= 0.3 is 5.97 Å². The molecule has 0 bridgehead atoms. The molecule has 1 saturated heterocycles. The minimum absolute atomic E-state index is 0.121. The van der Waals surface area contributed by atoms with E-state index in [0.29, 0.717) is 5.56 Å². The summed E-state index contributed by atoms with van der Waals surface area (Å²) in [6, 6.07) is 5.33. The van der Waals surface area contributed by atoms with E-state index < -0.39 is 23.6 Å². The molecule has 2 atom stereocenters. The molecule has 1 aromatic rings. The van der Waals surface area contributed by atoms with Gasteiger partial charge in [0.15, 0.2) is 0 Å². The van der Waals surface area contributed by atoms with Crippen molar-refractivity contribution in [2.45, 2.75) is 5.92 Å². The third-order valence-electron chi connectivity index (χ3n) is 2.73. The van der Waals surface area contributed by atoms with Crippen LogP contribution in [0.1, 0.15) is 11.5 Å². The Hall–Kier alpha value is -1.91. The quantitative estimate of drug-likeness (QED) is 0.777. The van der Waals surface area contributed by atoms with Gasteiger partial charge in [0.05, 0.1) is 11.8 Å². The van der Waals surface area contributed by atoms with Crippen molar-refractivity contribution in [3.63, 3.8) is 0 Å². The van der Waals surface area contributed by atoms with Gasteiger partial charge in [-0.2, -0.15) is 0 Å². The summed E-state index contributed by atoms with van der Waals surface area (Å²) in [6.07, 6.45) is 0. The van der Waals surface area contributed by atoms with Crippen molar-refractivity contribution in [3.05, 3.63) is 35.6 Å². The maximum atomic E-state index is 12.7. The molecule has 2 N–H and O–H groups in total. The van der Waals surface area contributed by atoms with Crippen LogP contribution in [0.5, 0.6) is 0 Å². The van der Waals surface area contributed by atoms with Crippen LogP contribution < -0.4 is 5.32 Å². The Kier molecular flexibility index (Phi) is 2.60. The van der Waals surface area contributed by atoms with Crippen LogP contribution in [0.4, 0.5) is 4.39 Å². The highest BCUT2D eigenvalue weighted by molar-refractivity contribution is 5.92. The zero-order valence-corrected chi connectivity index (χ0v) is 8.31. The largest absolute Gasteiger partial charge is 0.481 e. The van der Waals surface area contributed by atoms with E-state index in [2.05, 4.69) is 5.32 Å². The first-order chi connectivity index (χ1) is 7.59. The number of carbonyl (C=O) groups is 2. The van der Waals surface area contributed by atoms with Gasteiger partial charge in [0, 0.05) is 6.54 Å². The van der Waals surface area contributed by atoms with Gasteiger partial charge in [0.2, 0.25) is 5.91 Å². The second-order valence-electron chi connectivity index (χ2n) is 3.72. The number of amides is 1. The lowest BCUT2D eigenvalue weighted by atomic mass is 9.88. The predicted molar refractivity (Wildman–Crippen MR) is 53.3 cm³/mol. The van der Waals surface area contributed by atoms with Crippen LogP contribution in [0.25, 0.3) is 0 Å². The zero-order valence-electron chi connectivity index (χ0n) is 8.31. The van der Waals surface area contributed by atoms with Crippen LogP contribution in [-0.2, 0) is 9.59 Å². The van der Waals surface area contributed by atoms with Gasteiger partial charge in [0.1, 0.15) is 5.82 Å². The minimum atomic E-state index is -1.02. The van der Waals surface area contributed by atoms with Gasteiger partial charge in [-0.15, -0.1) is 0 Å². The van der Waals surface area contributed by atoms with E-state index in [-0.39, 0.29) is 12.5 Å². The van der Waals surface area contributed by atoms with E-state index in [1.807, 2.05) is 0 Å². The maximum absolute atomic E-state index is 12.7. The lowest BCUT2D eigenvalue weighted by molar-refractivity contribution is -0.142. The third-order valence-corrected chi connectivity index (χ3v) is 2.73. The molecule has 1 aromatic carbocycles. The van der Waals surface area contributed by atoms with Crippen molar-refractivity contribution in [3.8, 4) is 0 Å². The van der Waals surface area contributed by atoms with Gasteiger partial charge in [-0.05, 0) is 17.7 Å². The van der Waals surface area contributed by atoms with E-state index in [9.17, 15) is 14.0 Å². The highest BCUT2D eigenvalue weighted by Crippen LogP contribution is 2.29. The number of nitrogens with one attached hydrogen (secondary N) is 1. The molecule has 5 heteroatoms. The average Bonchev–Trinajstić information content (AvgIpc) is 2.62. The molecule has 0 aliphatic carbocycles. The normalized spacial score (nSPS) is 24.2. The summed E-state index contributed by atoms with van der Waals surface area (Å²) < 4.78 is 12.7. The monoisotopic (exact) mass is 223 g/mol. The first-order valence-electron chi connectivity index (χ1n) is 4.85. The van der Waals surface area contributed by atoms with Crippen molar-refractivity contribution < 1.29 is 19.1 Å². The fourth-order valence-electron chi connectivity index (χ4n) is 1.90. The van der Waals surface area contributed by atoms with Crippen molar-refractivity contribution >= 4 is 11.9 Å². The van der Waals surface area contributed by atoms with E-state index in [0.717, 1.165) is 0 Å². The molecule has 16 heavy (non-hydrogen) atoms. The lowest BCUT2D eigenvalue weighted by Gasteiger charge is -2.12. The summed E-state index contributed by atoms with van der Waals surface area (Å²) in [7, 11) is 0. The van der Waals surface area contributed by atoms with Gasteiger partial charge in [-0.25, -0.2) is 4.39 Å². The zero-order chi connectivity index (χ0) is 11.7. The highest BCUT2D eigenvalue weighted by Gasteiger charge is 2.40. The summed E-state index contributed by atoms with van der Waals surface area (Å²) in [4.78, 5) is 22.4. The Morgan fingerprint density at radius 1 is 1.38 bits per heavy atom. The number of rotatable bonds is 2. The standard InChI is InChI=1S/C11H10FNO3/c12-7-3-1-6(2-4-7)9-8(11(15)16)5-13-10(9)14/h1-4,8-9H,5H2,(H,13,14)(H,15,16)/t8-,9+/m0/s1. The summed E-state index contributed by atoms with van der Waals surface area (Å²) in [6.45, 7) is 0.121. The fourth-order valence-corrected chi connectivity index (χ4v) is 1.90. The van der Waals surface area contributed by atoms with E-state index in [4.69, 9.17) is 5.11 Å². The SMILES string of the molecule is O=C(O)[C@H]1CNC(=O)[C@@H]1c1ccc(F)cc1. The number of aliphatic carboxylic acids is 1. The van der Waals surface area contributed by atoms with Crippen LogP contribution in [-0.4, -0.2) is 23.5 Å². The van der Waals surface area contributed by atoms with Gasteiger partial charge in [0.25, 0.3) is 0 Å². The Morgan fingerprint density at radius 2 is 2.00 bits per heavy atom. The van der Waals surface area contributed by atoms with Gasteiger partial charge in [-0.1, -0.05) is 12.1 Å². The molecular formula is C11H10FNO3. The Balaban J connectivity index is 2.33. The predicted octanol–water partition coefficient (Wildman–Crippen LogP) is 0.740. The summed E-state index contributed by atoms with van der Waals surface area (Å²) in [5, 5.41) is 11.5. The molecule has 0 unspecified atom stereocenters. The molecule has 84 valence electrons. The molecule has 1 fully saturated rings. The van der Waals surface area contributed by atoms with Crippen molar-refractivity contribution in [1.29, 1.82) is 0 Å². The Morgan fingerprint density at radius 3 is 2.56 bits per heavy atom. The third kappa shape index (κ3) is 1.76. The average molecular weight is 223 g/mol. The number of halogens is 1. The number of carboxylic acids is 1. The molecule has 0 radical (unpaired) electrons. The first kappa shape index (κ1) is 10.6. The number of benzene rings is 1. The fraction of sp³-hybridized carbons (Fsp3) is 0.273. The van der Waals surface area contributed by atoms with Gasteiger partial charge in [-0.3, -0.25) is 9.59 Å². The van der Waals surface area contributed by atoms with Crippen LogP contribution in [0.2, 0.25) is 0 Å². The highest BCUT2D eigenvalue weighted by atomic mass is 19.1. The minimum Gasteiger partial charge on any atom is -0.481 e. The van der Waals surface area contributed by atoms with Crippen molar-refractivity contribution in [1.82, 2.24) is 5.32 Å². The van der Waals surface area contributed by atoms with Crippen molar-refractivity contribution in [2.75, 3.05) is 6.54 Å². The van der Waals surface area contributed by atoms with E-state index in [1.165, 1.54) is 24.3 Å². The lowest BCUT2D eigenvalue weighted by Crippen LogP contribution is -2.22. The molecule has 1 aliphatic heterocycles. The molecule has 1 heterocycles. The number of hydrogen-bond donors (Lipinski definition) is 2. The van der Waals surface area contributed by atoms with E-state index >= 15 is 0 Å². The van der Waals surface area contributed by atoms with Crippen LogP contribution in [0.15, 0.2) is 24.3 Å². The molecule has 2 rings (SSSR count). The van der Waals surface area contributed by atoms with Crippen molar-refractivity contribution in [2.24, 2.45) is 5.92 Å². The topological polar surface area (TPSA) is 66.4 Å². The Bertz CT molecular complexity index is 429. The number of hydrogen-bond acceptors (Lipinski definition) is 2. The molecule has 0 spiro atoms. The second kappa shape index (κ2) is 3.92.